The minimum Gasteiger partial charge on any atom is -0.460 e. The molecule has 4 unspecified atom stereocenters. The number of carbonyl (C=O) groups excluding carboxylic acids is 6. The number of benzene rings is 1. The summed E-state index contributed by atoms with van der Waals surface area (Å²) in [5.41, 5.74) is 6.10. The molecule has 5 rings (SSSR count). The van der Waals surface area contributed by atoms with Gasteiger partial charge in [-0.1, -0.05) is 92.0 Å². The highest BCUT2D eigenvalue weighted by molar-refractivity contribution is 6.37. The zero-order chi connectivity index (χ0) is 36.0. The molecule has 12 nitrogen and oxygen atoms in total. The van der Waals surface area contributed by atoms with Gasteiger partial charge in [0.1, 0.15) is 24.2 Å². The zero-order valence-electron chi connectivity index (χ0n) is 29.8. The van der Waals surface area contributed by atoms with Crippen molar-refractivity contribution in [1.29, 1.82) is 0 Å². The summed E-state index contributed by atoms with van der Waals surface area (Å²) in [6, 6.07) is 3.29. The molecule has 5 amide bonds. The van der Waals surface area contributed by atoms with Gasteiger partial charge in [-0.25, -0.2) is 9.59 Å². The average Bonchev–Trinajstić information content (AvgIpc) is 3.60. The normalized spacial score (nSPS) is 27.2. The van der Waals surface area contributed by atoms with Crippen molar-refractivity contribution in [2.75, 3.05) is 6.54 Å². The fourth-order valence-corrected chi connectivity index (χ4v) is 8.43. The summed E-state index contributed by atoms with van der Waals surface area (Å²) in [5.74, 6) is -3.53. The number of ketones is 1. The molecular weight excluding hydrogens is 626 g/mol. The fraction of sp³-hybridized carbons (Fsp3) is 0.676. The monoisotopic (exact) mass is 679 g/mol. The minimum absolute atomic E-state index is 0.0268. The Hall–Kier alpha value is -3.96. The summed E-state index contributed by atoms with van der Waals surface area (Å²) in [5, 5.41) is 8.46. The highest BCUT2D eigenvalue weighted by Crippen LogP contribution is 2.51. The maximum atomic E-state index is 14.4. The number of esters is 1. The number of urea groups is 1. The lowest BCUT2D eigenvalue weighted by atomic mass is 9.68. The summed E-state index contributed by atoms with van der Waals surface area (Å²) in [6.07, 6.45) is 4.02. The largest absolute Gasteiger partial charge is 0.460 e. The van der Waals surface area contributed by atoms with Gasteiger partial charge in [-0.05, 0) is 47.1 Å². The van der Waals surface area contributed by atoms with Gasteiger partial charge < -0.3 is 31.3 Å². The van der Waals surface area contributed by atoms with Crippen molar-refractivity contribution in [2.24, 2.45) is 34.3 Å². The molecule has 4 aliphatic rings. The lowest BCUT2D eigenvalue weighted by Crippen LogP contribution is -2.64. The number of nitrogens with two attached hydrogens (primary N) is 1. The summed E-state index contributed by atoms with van der Waals surface area (Å²) >= 11 is 0. The van der Waals surface area contributed by atoms with Crippen LogP contribution >= 0.6 is 0 Å². The minimum atomic E-state index is -1.11. The summed E-state index contributed by atoms with van der Waals surface area (Å²) in [4.78, 5) is 81.5. The van der Waals surface area contributed by atoms with Crippen LogP contribution in [0.2, 0.25) is 0 Å². The lowest BCUT2D eigenvalue weighted by molar-refractivity contribution is -0.167. The predicted octanol–water partition coefficient (Wildman–Crippen LogP) is 2.96. The molecule has 268 valence electrons. The molecule has 1 saturated carbocycles. The molecule has 12 heteroatoms. The molecular formula is C37H53N5O7. The molecule has 2 heterocycles. The van der Waals surface area contributed by atoms with Gasteiger partial charge in [-0.15, -0.1) is 0 Å². The molecule has 0 radical (unpaired) electrons. The first kappa shape index (κ1) is 36.3. The van der Waals surface area contributed by atoms with E-state index in [0.29, 0.717) is 19.3 Å². The Labute approximate surface area is 289 Å². The van der Waals surface area contributed by atoms with E-state index in [2.05, 4.69) is 16.0 Å². The third kappa shape index (κ3) is 7.19. The van der Waals surface area contributed by atoms with Crippen LogP contribution in [0.3, 0.4) is 0 Å². The highest BCUT2D eigenvalue weighted by atomic mass is 16.5. The Morgan fingerprint density at radius 2 is 1.71 bits per heavy atom. The molecule has 7 atom stereocenters. The molecule has 0 aromatic heterocycles. The van der Waals surface area contributed by atoms with Gasteiger partial charge in [0.2, 0.25) is 17.6 Å². The van der Waals surface area contributed by atoms with Gasteiger partial charge in [-0.3, -0.25) is 19.2 Å². The number of carbonyl (C=O) groups is 6. The van der Waals surface area contributed by atoms with Crippen molar-refractivity contribution in [3.8, 4) is 0 Å². The molecule has 3 fully saturated rings. The lowest BCUT2D eigenvalue weighted by Gasteiger charge is -2.45. The first-order valence-electron chi connectivity index (χ1n) is 17.7. The fourth-order valence-electron chi connectivity index (χ4n) is 8.43. The Kier molecular flexibility index (Phi) is 10.2. The molecule has 2 saturated heterocycles. The topological polar surface area (TPSA) is 177 Å². The van der Waals surface area contributed by atoms with Gasteiger partial charge >= 0.3 is 12.0 Å². The maximum absolute atomic E-state index is 14.4. The van der Waals surface area contributed by atoms with E-state index < -0.39 is 70.5 Å². The number of rotatable bonds is 10. The second kappa shape index (κ2) is 13.7. The summed E-state index contributed by atoms with van der Waals surface area (Å²) < 4.78 is 5.86. The van der Waals surface area contributed by atoms with Crippen LogP contribution in [-0.2, 0) is 35.1 Å². The molecule has 1 aromatic rings. The van der Waals surface area contributed by atoms with Crippen LogP contribution in [0.5, 0.6) is 0 Å². The van der Waals surface area contributed by atoms with E-state index in [1.807, 2.05) is 72.7 Å². The van der Waals surface area contributed by atoms with E-state index >= 15 is 0 Å². The third-order valence-electron chi connectivity index (χ3n) is 11.4. The van der Waals surface area contributed by atoms with Gasteiger partial charge in [0.25, 0.3) is 5.91 Å². The highest BCUT2D eigenvalue weighted by Gasteiger charge is 2.56. The number of Topliss-reactive ketones (excluding diaryl/α,β-unsaturated/α-hetero) is 1. The number of nitrogens with one attached hydrogen (secondary N) is 3. The number of hydrogen-bond acceptors (Lipinski definition) is 7. The summed E-state index contributed by atoms with van der Waals surface area (Å²) in [7, 11) is 0. The van der Waals surface area contributed by atoms with Gasteiger partial charge in [0.05, 0.1) is 6.04 Å². The molecule has 0 bridgehead atoms. The number of ether oxygens (including phenoxy) is 1. The van der Waals surface area contributed by atoms with Crippen LogP contribution in [0.15, 0.2) is 24.3 Å². The Morgan fingerprint density at radius 1 is 1.04 bits per heavy atom. The van der Waals surface area contributed by atoms with Crippen LogP contribution in [0, 0.1) is 28.6 Å². The van der Waals surface area contributed by atoms with Gasteiger partial charge in [0, 0.05) is 24.3 Å². The van der Waals surface area contributed by atoms with Crippen LogP contribution < -0.4 is 21.7 Å². The molecule has 2 aliphatic heterocycles. The van der Waals surface area contributed by atoms with E-state index in [1.54, 1.807) is 0 Å². The second-order valence-electron chi connectivity index (χ2n) is 16.5. The van der Waals surface area contributed by atoms with Crippen LogP contribution in [-0.4, -0.2) is 77.2 Å². The number of nitrogens with zero attached hydrogens (tertiary/aromatic N) is 1. The Morgan fingerprint density at radius 3 is 2.31 bits per heavy atom. The maximum Gasteiger partial charge on any atom is 0.329 e. The average molecular weight is 680 g/mol. The quantitative estimate of drug-likeness (QED) is 0.217. The van der Waals surface area contributed by atoms with Crippen molar-refractivity contribution < 1.29 is 33.5 Å². The first-order chi connectivity index (χ1) is 22.9. The number of fused-ring (bicyclic) bond motifs is 3. The van der Waals surface area contributed by atoms with E-state index in [-0.39, 0.29) is 36.3 Å². The number of primary amides is 1. The van der Waals surface area contributed by atoms with Crippen LogP contribution in [0.25, 0.3) is 0 Å². The van der Waals surface area contributed by atoms with E-state index in [0.717, 1.165) is 30.4 Å². The van der Waals surface area contributed by atoms with Crippen LogP contribution in [0.1, 0.15) is 97.6 Å². The predicted molar refractivity (Wildman–Crippen MR) is 182 cm³/mol. The van der Waals surface area contributed by atoms with Crippen molar-refractivity contribution in [1.82, 2.24) is 20.9 Å². The zero-order valence-corrected chi connectivity index (χ0v) is 29.8. The third-order valence-corrected chi connectivity index (χ3v) is 11.4. The molecule has 49 heavy (non-hydrogen) atoms. The van der Waals surface area contributed by atoms with Crippen molar-refractivity contribution in [3.05, 3.63) is 35.4 Å². The van der Waals surface area contributed by atoms with E-state index in [4.69, 9.17) is 10.5 Å². The molecule has 2 aliphatic carbocycles. The Balaban J connectivity index is 1.34. The van der Waals surface area contributed by atoms with Crippen molar-refractivity contribution in [3.63, 3.8) is 0 Å². The van der Waals surface area contributed by atoms with Gasteiger partial charge in [-0.2, -0.15) is 0 Å². The first-order valence-corrected chi connectivity index (χ1v) is 17.7. The van der Waals surface area contributed by atoms with E-state index in [1.165, 1.54) is 4.90 Å². The van der Waals surface area contributed by atoms with E-state index in [9.17, 15) is 28.8 Å². The van der Waals surface area contributed by atoms with Crippen molar-refractivity contribution in [2.45, 2.75) is 123 Å². The van der Waals surface area contributed by atoms with Crippen LogP contribution in [0.4, 0.5) is 4.79 Å². The smallest absolute Gasteiger partial charge is 0.329 e. The number of hydrogen-bond donors (Lipinski definition) is 4. The Bertz CT molecular complexity index is 1500. The SMILES string of the molecule is CC(C)C1CCN(C(=O)[C@H](NC(=O)N[C@H]2C(=O)OC3Cc4ccccc4C3C2(C)C)C(C)(C)C)[C@@H]1C(=O)NC(CC1CCC1)C(=O)C(N)=O. The van der Waals surface area contributed by atoms with Crippen molar-refractivity contribution >= 4 is 35.5 Å². The summed E-state index contributed by atoms with van der Waals surface area (Å²) in [6.45, 7) is 13.6. The number of likely N-dealkylation sites (tertiary alicyclic amines) is 1. The standard InChI is InChI=1S/C37H53N5O7/c1-19(2)22-15-16-42(27(22)32(45)39-24(28(43)31(38)44)17-20-11-10-12-20)33(46)29(36(3,4)5)40-35(48)41-30-34(47)49-25-18-21-13-8-9-14-23(21)26(25)37(30,6)7/h8-9,13-14,19-20,22,24-27,29-30H,10-12,15-18H2,1-7H3,(H2,38,44)(H,39,45)(H2,40,41,48)/t22?,24?,25?,26?,27-,29-,30-/m0/s1. The second-order valence-corrected chi connectivity index (χ2v) is 16.5. The number of amides is 5. The molecule has 5 N–H and O–H groups in total. The molecule has 1 aromatic carbocycles. The van der Waals surface area contributed by atoms with Gasteiger partial charge in [0.15, 0.2) is 0 Å². The molecule has 0 spiro atoms.